The number of carbonyl (C=O) groups excluding carboxylic acids is 2. The van der Waals surface area contributed by atoms with E-state index in [0.717, 1.165) is 17.7 Å². The molecule has 0 aromatic heterocycles. The first-order valence-electron chi connectivity index (χ1n) is 10.1. The van der Waals surface area contributed by atoms with Crippen molar-refractivity contribution in [1.82, 2.24) is 9.80 Å². The molecule has 6 heteroatoms. The van der Waals surface area contributed by atoms with Crippen LogP contribution in [0.15, 0.2) is 48.5 Å². The van der Waals surface area contributed by atoms with Crippen LogP contribution in [-0.2, 0) is 4.79 Å². The molecule has 0 saturated carbocycles. The van der Waals surface area contributed by atoms with Gasteiger partial charge < -0.3 is 14.5 Å². The third-order valence-electron chi connectivity index (χ3n) is 5.09. The van der Waals surface area contributed by atoms with Crippen molar-refractivity contribution in [2.75, 3.05) is 32.8 Å². The second-order valence-electron chi connectivity index (χ2n) is 7.25. The number of aryl methyl sites for hydroxylation is 1. The fraction of sp³-hybridized carbons (Fsp3) is 0.391. The molecule has 29 heavy (non-hydrogen) atoms. The molecule has 1 saturated heterocycles. The summed E-state index contributed by atoms with van der Waals surface area (Å²) in [5, 5.41) is 0.551. The summed E-state index contributed by atoms with van der Waals surface area (Å²) in [5.74, 6) is 0.953. The highest BCUT2D eigenvalue weighted by Crippen LogP contribution is 2.17. The molecular weight excluding hydrogens is 388 g/mol. The molecule has 2 aromatic rings. The van der Waals surface area contributed by atoms with Gasteiger partial charge in [-0.1, -0.05) is 35.9 Å². The highest BCUT2D eigenvalue weighted by atomic mass is 35.5. The van der Waals surface area contributed by atoms with E-state index in [0.29, 0.717) is 56.2 Å². The van der Waals surface area contributed by atoms with E-state index in [-0.39, 0.29) is 11.8 Å². The lowest BCUT2D eigenvalue weighted by Gasteiger charge is -2.22. The molecule has 2 amide bonds. The Morgan fingerprint density at radius 2 is 1.76 bits per heavy atom. The topological polar surface area (TPSA) is 49.9 Å². The summed E-state index contributed by atoms with van der Waals surface area (Å²) < 4.78 is 5.77. The Hall–Kier alpha value is -2.53. The van der Waals surface area contributed by atoms with E-state index in [2.05, 4.69) is 0 Å². The van der Waals surface area contributed by atoms with Gasteiger partial charge in [0.1, 0.15) is 5.75 Å². The van der Waals surface area contributed by atoms with Crippen molar-refractivity contribution in [2.45, 2.75) is 26.2 Å². The molecule has 1 aliphatic heterocycles. The van der Waals surface area contributed by atoms with Crippen molar-refractivity contribution in [3.63, 3.8) is 0 Å². The van der Waals surface area contributed by atoms with E-state index in [1.165, 1.54) is 0 Å². The molecule has 0 spiro atoms. The van der Waals surface area contributed by atoms with Gasteiger partial charge in [0.25, 0.3) is 5.91 Å². The minimum atomic E-state index is -0.0339. The first kappa shape index (κ1) is 21.2. The predicted molar refractivity (Wildman–Crippen MR) is 114 cm³/mol. The summed E-state index contributed by atoms with van der Waals surface area (Å²) in [4.78, 5) is 28.9. The van der Waals surface area contributed by atoms with E-state index >= 15 is 0 Å². The van der Waals surface area contributed by atoms with Gasteiger partial charge in [-0.05, 0) is 49.6 Å². The van der Waals surface area contributed by atoms with E-state index in [1.807, 2.05) is 36.1 Å². The first-order chi connectivity index (χ1) is 14.0. The minimum Gasteiger partial charge on any atom is -0.493 e. The molecule has 0 atom stereocenters. The van der Waals surface area contributed by atoms with Gasteiger partial charge in [-0.3, -0.25) is 9.59 Å². The zero-order chi connectivity index (χ0) is 20.6. The number of ether oxygens (including phenoxy) is 1. The molecule has 0 N–H and O–H groups in total. The molecule has 0 radical (unpaired) electrons. The van der Waals surface area contributed by atoms with E-state index < -0.39 is 0 Å². The van der Waals surface area contributed by atoms with Crippen LogP contribution in [0.4, 0.5) is 0 Å². The summed E-state index contributed by atoms with van der Waals surface area (Å²) in [5.41, 5.74) is 1.68. The Labute approximate surface area is 177 Å². The van der Waals surface area contributed by atoms with Crippen molar-refractivity contribution in [3.05, 3.63) is 64.7 Å². The highest BCUT2D eigenvalue weighted by molar-refractivity contribution is 6.30. The number of hydrogen-bond donors (Lipinski definition) is 0. The van der Waals surface area contributed by atoms with Gasteiger partial charge in [0.05, 0.1) is 6.61 Å². The number of halogens is 1. The maximum Gasteiger partial charge on any atom is 0.253 e. The van der Waals surface area contributed by atoms with Crippen molar-refractivity contribution in [3.8, 4) is 5.75 Å². The molecule has 0 unspecified atom stereocenters. The highest BCUT2D eigenvalue weighted by Gasteiger charge is 2.22. The fourth-order valence-corrected chi connectivity index (χ4v) is 3.65. The SMILES string of the molecule is Cc1ccccc1OCCCC(=O)N1CCCN(C(=O)c2cccc(Cl)c2)CC1. The van der Waals surface area contributed by atoms with Gasteiger partial charge in [-0.15, -0.1) is 0 Å². The van der Waals surface area contributed by atoms with Crippen LogP contribution in [-0.4, -0.2) is 54.4 Å². The molecule has 1 heterocycles. The second-order valence-corrected chi connectivity index (χ2v) is 7.69. The minimum absolute atomic E-state index is 0.0339. The number of hydrogen-bond acceptors (Lipinski definition) is 3. The lowest BCUT2D eigenvalue weighted by molar-refractivity contribution is -0.131. The third-order valence-corrected chi connectivity index (χ3v) is 5.33. The molecular formula is C23H27ClN2O3. The van der Waals surface area contributed by atoms with Crippen LogP contribution >= 0.6 is 11.6 Å². The zero-order valence-corrected chi connectivity index (χ0v) is 17.5. The molecule has 154 valence electrons. The van der Waals surface area contributed by atoms with Crippen molar-refractivity contribution in [1.29, 1.82) is 0 Å². The number of rotatable bonds is 6. The van der Waals surface area contributed by atoms with Crippen LogP contribution in [0, 0.1) is 6.92 Å². The molecule has 3 rings (SSSR count). The lowest BCUT2D eigenvalue weighted by atomic mass is 10.2. The van der Waals surface area contributed by atoms with E-state index in [4.69, 9.17) is 16.3 Å². The first-order valence-corrected chi connectivity index (χ1v) is 10.4. The van der Waals surface area contributed by atoms with Gasteiger partial charge in [0, 0.05) is 43.2 Å². The summed E-state index contributed by atoms with van der Waals surface area (Å²) in [6.07, 6.45) is 1.90. The second kappa shape index (κ2) is 10.3. The number of benzene rings is 2. The summed E-state index contributed by atoms with van der Waals surface area (Å²) >= 11 is 6.00. The zero-order valence-electron chi connectivity index (χ0n) is 16.8. The van der Waals surface area contributed by atoms with Crippen LogP contribution in [0.2, 0.25) is 5.02 Å². The molecule has 0 aliphatic carbocycles. The maximum atomic E-state index is 12.7. The standard InChI is InChI=1S/C23H27ClN2O3/c1-18-7-2-3-10-21(18)29-16-5-11-22(27)25-12-6-13-26(15-14-25)23(28)19-8-4-9-20(24)17-19/h2-4,7-10,17H,5-6,11-16H2,1H3. The summed E-state index contributed by atoms with van der Waals surface area (Å²) in [6, 6.07) is 14.9. The third kappa shape index (κ3) is 5.97. The smallest absolute Gasteiger partial charge is 0.253 e. The fourth-order valence-electron chi connectivity index (χ4n) is 3.46. The monoisotopic (exact) mass is 414 g/mol. The summed E-state index contributed by atoms with van der Waals surface area (Å²) in [7, 11) is 0. The van der Waals surface area contributed by atoms with Gasteiger partial charge in [0.2, 0.25) is 5.91 Å². The molecule has 0 bridgehead atoms. The van der Waals surface area contributed by atoms with Crippen molar-refractivity contribution < 1.29 is 14.3 Å². The van der Waals surface area contributed by atoms with E-state index in [1.54, 1.807) is 29.2 Å². The Balaban J connectivity index is 1.44. The Bertz CT molecular complexity index is 856. The largest absolute Gasteiger partial charge is 0.493 e. The van der Waals surface area contributed by atoms with Crippen LogP contribution in [0.1, 0.15) is 35.2 Å². The van der Waals surface area contributed by atoms with Crippen LogP contribution in [0.25, 0.3) is 0 Å². The van der Waals surface area contributed by atoms with Crippen LogP contribution in [0.3, 0.4) is 0 Å². The number of nitrogens with zero attached hydrogens (tertiary/aromatic N) is 2. The molecule has 5 nitrogen and oxygen atoms in total. The van der Waals surface area contributed by atoms with Crippen LogP contribution in [0.5, 0.6) is 5.75 Å². The maximum absolute atomic E-state index is 12.7. The number of amides is 2. The Morgan fingerprint density at radius 1 is 1.00 bits per heavy atom. The van der Waals surface area contributed by atoms with Gasteiger partial charge >= 0.3 is 0 Å². The van der Waals surface area contributed by atoms with E-state index in [9.17, 15) is 9.59 Å². The molecule has 1 fully saturated rings. The van der Waals surface area contributed by atoms with Gasteiger partial charge in [-0.2, -0.15) is 0 Å². The van der Waals surface area contributed by atoms with Crippen molar-refractivity contribution in [2.24, 2.45) is 0 Å². The quantitative estimate of drug-likeness (QED) is 0.666. The van der Waals surface area contributed by atoms with Crippen molar-refractivity contribution >= 4 is 23.4 Å². The van der Waals surface area contributed by atoms with Gasteiger partial charge in [0.15, 0.2) is 0 Å². The van der Waals surface area contributed by atoms with Crippen LogP contribution < -0.4 is 4.74 Å². The Morgan fingerprint density at radius 3 is 2.55 bits per heavy atom. The number of para-hydroxylation sites is 1. The average molecular weight is 415 g/mol. The molecule has 2 aromatic carbocycles. The average Bonchev–Trinajstić information content (AvgIpc) is 2.98. The lowest BCUT2D eigenvalue weighted by Crippen LogP contribution is -2.37. The predicted octanol–water partition coefficient (Wildman–Crippen LogP) is 4.18. The van der Waals surface area contributed by atoms with Gasteiger partial charge in [-0.25, -0.2) is 0 Å². The molecule has 1 aliphatic rings. The normalized spacial score (nSPS) is 14.4. The number of carbonyl (C=O) groups is 2. The Kier molecular flexibility index (Phi) is 7.53. The summed E-state index contributed by atoms with van der Waals surface area (Å²) in [6.45, 7) is 4.95.